The van der Waals surface area contributed by atoms with Gasteiger partial charge in [-0.1, -0.05) is 60.7 Å². The number of hydrogen-bond acceptors (Lipinski definition) is 5. The maximum Gasteiger partial charge on any atom is 0.303 e. The highest BCUT2D eigenvalue weighted by molar-refractivity contribution is 5.83. The van der Waals surface area contributed by atoms with Crippen LogP contribution in [0.2, 0.25) is 0 Å². The van der Waals surface area contributed by atoms with Gasteiger partial charge in [-0.05, 0) is 56.0 Å². The minimum absolute atomic E-state index is 0.0740. The van der Waals surface area contributed by atoms with Gasteiger partial charge < -0.3 is 25.0 Å². The van der Waals surface area contributed by atoms with Gasteiger partial charge in [-0.3, -0.25) is 4.79 Å². The second-order valence-electron chi connectivity index (χ2n) is 9.64. The van der Waals surface area contributed by atoms with Gasteiger partial charge in [-0.15, -0.1) is 0 Å². The van der Waals surface area contributed by atoms with Crippen LogP contribution in [0.5, 0.6) is 5.75 Å². The number of carboxylic acid groups (broad SMARTS) is 1. The highest BCUT2D eigenvalue weighted by atomic mass is 16.5. The number of fused-ring (bicyclic) bond motifs is 1. The molecule has 0 spiro atoms. The fourth-order valence-electron chi connectivity index (χ4n) is 4.07. The summed E-state index contributed by atoms with van der Waals surface area (Å²) >= 11 is 0. The minimum Gasteiger partial charge on any atom is -0.493 e. The zero-order valence-electron chi connectivity index (χ0n) is 20.9. The Kier molecular flexibility index (Phi) is 9.66. The quantitative estimate of drug-likeness (QED) is 0.278. The van der Waals surface area contributed by atoms with Gasteiger partial charge in [0, 0.05) is 24.1 Å². The van der Waals surface area contributed by atoms with E-state index in [0.717, 1.165) is 12.0 Å². The van der Waals surface area contributed by atoms with Crippen molar-refractivity contribution in [3.8, 4) is 5.75 Å². The molecule has 188 valence electrons. The normalized spacial score (nSPS) is 13.5. The number of rotatable bonds is 14. The number of ether oxygens (including phenoxy) is 2. The highest BCUT2D eigenvalue weighted by Gasteiger charge is 2.20. The van der Waals surface area contributed by atoms with Crippen LogP contribution >= 0.6 is 0 Å². The number of aliphatic carboxylic acids is 1. The van der Waals surface area contributed by atoms with Gasteiger partial charge in [0.1, 0.15) is 5.75 Å². The molecule has 0 saturated carbocycles. The molecule has 3 aromatic carbocycles. The number of aliphatic hydroxyl groups excluding tert-OH is 1. The summed E-state index contributed by atoms with van der Waals surface area (Å²) in [5.74, 6) is -0.156. The molecular weight excluding hydrogens is 442 g/mol. The molecule has 3 aromatic rings. The predicted octanol–water partition coefficient (Wildman–Crippen LogP) is 5.13. The van der Waals surface area contributed by atoms with Crippen molar-refractivity contribution in [2.24, 2.45) is 0 Å². The zero-order valence-corrected chi connectivity index (χ0v) is 20.9. The molecule has 6 nitrogen and oxygen atoms in total. The van der Waals surface area contributed by atoms with Gasteiger partial charge in [-0.2, -0.15) is 0 Å². The average Bonchev–Trinajstić information content (AvgIpc) is 2.84. The summed E-state index contributed by atoms with van der Waals surface area (Å²) in [4.78, 5) is 10.7. The third-order valence-electron chi connectivity index (χ3n) is 5.96. The van der Waals surface area contributed by atoms with E-state index in [0.29, 0.717) is 25.3 Å². The summed E-state index contributed by atoms with van der Waals surface area (Å²) in [6.07, 6.45) is 0.431. The Morgan fingerprint density at radius 1 is 1.03 bits per heavy atom. The minimum atomic E-state index is -0.832. The standard InChI is InChI=1S/C29H37NO5/c1-21(26-11-6-7-12-27(26)34-16-8-13-28(32)33)35-20-25(31)19-30-29(2,3)18-22-14-15-23-9-4-5-10-24(23)17-22/h4-7,9-12,14-15,17,21,25,30-31H,8,13,16,18-20H2,1-3H3,(H,32,33)/t21-,25-/m1/s1. The molecule has 2 atom stereocenters. The second-order valence-corrected chi connectivity index (χ2v) is 9.64. The number of para-hydroxylation sites is 1. The van der Waals surface area contributed by atoms with Crippen LogP contribution in [0.1, 0.15) is 50.8 Å². The first-order valence-electron chi connectivity index (χ1n) is 12.2. The molecule has 0 heterocycles. The molecule has 0 amide bonds. The Bertz CT molecular complexity index is 1100. The van der Waals surface area contributed by atoms with Gasteiger partial charge in [0.15, 0.2) is 0 Å². The first-order chi connectivity index (χ1) is 16.7. The average molecular weight is 480 g/mol. The molecule has 0 aliphatic rings. The topological polar surface area (TPSA) is 88.0 Å². The van der Waals surface area contributed by atoms with Gasteiger partial charge in [0.25, 0.3) is 0 Å². The summed E-state index contributed by atoms with van der Waals surface area (Å²) in [7, 11) is 0. The Balaban J connectivity index is 1.46. The first kappa shape index (κ1) is 26.7. The molecule has 0 saturated heterocycles. The molecule has 0 aliphatic carbocycles. The van der Waals surface area contributed by atoms with Crippen LogP contribution in [0.3, 0.4) is 0 Å². The smallest absolute Gasteiger partial charge is 0.303 e. The number of β-amino-alcohol motifs (C(OH)–C–C–N with tert-alkyl or cyclic N) is 1. The summed E-state index contributed by atoms with van der Waals surface area (Å²) in [6, 6.07) is 22.4. The van der Waals surface area contributed by atoms with Crippen LogP contribution in [-0.2, 0) is 16.0 Å². The van der Waals surface area contributed by atoms with Crippen molar-refractivity contribution < 1.29 is 24.5 Å². The fourth-order valence-corrected chi connectivity index (χ4v) is 4.07. The highest BCUT2D eigenvalue weighted by Crippen LogP contribution is 2.27. The summed E-state index contributed by atoms with van der Waals surface area (Å²) in [5.41, 5.74) is 1.94. The Hall–Kier alpha value is -2.93. The molecule has 0 bridgehead atoms. The van der Waals surface area contributed by atoms with Crippen LogP contribution in [0.25, 0.3) is 10.8 Å². The van der Waals surface area contributed by atoms with Crippen molar-refractivity contribution in [3.63, 3.8) is 0 Å². The van der Waals surface area contributed by atoms with E-state index >= 15 is 0 Å². The molecule has 0 fully saturated rings. The molecule has 6 heteroatoms. The molecular formula is C29H37NO5. The molecule has 0 aliphatic heterocycles. The third kappa shape index (κ3) is 8.66. The lowest BCUT2D eigenvalue weighted by Gasteiger charge is -2.28. The van der Waals surface area contributed by atoms with E-state index in [1.807, 2.05) is 37.3 Å². The van der Waals surface area contributed by atoms with Crippen LogP contribution in [0, 0.1) is 0 Å². The van der Waals surface area contributed by atoms with Crippen molar-refractivity contribution in [2.45, 2.75) is 57.8 Å². The lowest BCUT2D eigenvalue weighted by molar-refractivity contribution is -0.137. The Morgan fingerprint density at radius 3 is 2.51 bits per heavy atom. The van der Waals surface area contributed by atoms with E-state index in [1.165, 1.54) is 16.3 Å². The maximum absolute atomic E-state index is 10.7. The van der Waals surface area contributed by atoms with Gasteiger partial charge >= 0.3 is 5.97 Å². The summed E-state index contributed by atoms with van der Waals surface area (Å²) in [5, 5.41) is 25.2. The van der Waals surface area contributed by atoms with Crippen LogP contribution < -0.4 is 10.1 Å². The largest absolute Gasteiger partial charge is 0.493 e. The van der Waals surface area contributed by atoms with Gasteiger partial charge in [-0.25, -0.2) is 0 Å². The number of hydrogen-bond donors (Lipinski definition) is 3. The number of aliphatic hydroxyl groups is 1. The van der Waals surface area contributed by atoms with Crippen molar-refractivity contribution in [3.05, 3.63) is 77.9 Å². The SMILES string of the molecule is C[C@@H](OC[C@H](O)CNC(C)(C)Cc1ccc2ccccc2c1)c1ccccc1OCCCC(=O)O. The molecule has 3 rings (SSSR count). The predicted molar refractivity (Wildman–Crippen MR) is 139 cm³/mol. The first-order valence-corrected chi connectivity index (χ1v) is 12.2. The monoisotopic (exact) mass is 479 g/mol. The number of benzene rings is 3. The van der Waals surface area contributed by atoms with E-state index in [2.05, 4.69) is 55.6 Å². The molecule has 35 heavy (non-hydrogen) atoms. The van der Waals surface area contributed by atoms with Crippen LogP contribution in [0.4, 0.5) is 0 Å². The zero-order chi connectivity index (χ0) is 25.3. The molecule has 0 radical (unpaired) electrons. The lowest BCUT2D eigenvalue weighted by Crippen LogP contribution is -2.46. The summed E-state index contributed by atoms with van der Waals surface area (Å²) < 4.78 is 11.7. The number of carbonyl (C=O) groups is 1. The second kappa shape index (κ2) is 12.7. The Morgan fingerprint density at radius 2 is 1.74 bits per heavy atom. The number of carboxylic acids is 1. The van der Waals surface area contributed by atoms with Crippen molar-refractivity contribution in [1.82, 2.24) is 5.32 Å². The van der Waals surface area contributed by atoms with Gasteiger partial charge in [0.05, 0.1) is 25.4 Å². The third-order valence-corrected chi connectivity index (χ3v) is 5.96. The van der Waals surface area contributed by atoms with E-state index in [1.54, 1.807) is 0 Å². The number of nitrogens with one attached hydrogen (secondary N) is 1. The van der Waals surface area contributed by atoms with Crippen molar-refractivity contribution >= 4 is 16.7 Å². The fraction of sp³-hybridized carbons (Fsp3) is 0.414. The van der Waals surface area contributed by atoms with E-state index in [9.17, 15) is 9.90 Å². The molecule has 0 aromatic heterocycles. The summed E-state index contributed by atoms with van der Waals surface area (Å²) in [6.45, 7) is 7.12. The van der Waals surface area contributed by atoms with Crippen molar-refractivity contribution in [1.29, 1.82) is 0 Å². The Labute approximate surface area is 207 Å². The lowest BCUT2D eigenvalue weighted by atomic mass is 9.93. The van der Waals surface area contributed by atoms with Gasteiger partial charge in [0.2, 0.25) is 0 Å². The maximum atomic E-state index is 10.7. The van der Waals surface area contributed by atoms with Crippen LogP contribution in [0.15, 0.2) is 66.7 Å². The van der Waals surface area contributed by atoms with Crippen molar-refractivity contribution in [2.75, 3.05) is 19.8 Å². The van der Waals surface area contributed by atoms with E-state index in [-0.39, 0.29) is 24.7 Å². The van der Waals surface area contributed by atoms with Crippen LogP contribution in [-0.4, -0.2) is 47.6 Å². The van der Waals surface area contributed by atoms with E-state index < -0.39 is 12.1 Å². The molecule has 0 unspecified atom stereocenters. The van der Waals surface area contributed by atoms with E-state index in [4.69, 9.17) is 14.6 Å². The molecule has 3 N–H and O–H groups in total.